The fraction of sp³-hybridized carbons (Fsp3) is 0.182. The molecule has 0 aliphatic heterocycles. The second-order valence-electron chi connectivity index (χ2n) is 2.84. The summed E-state index contributed by atoms with van der Waals surface area (Å²) < 4.78 is 0. The normalized spacial score (nSPS) is 8.93. The summed E-state index contributed by atoms with van der Waals surface area (Å²) in [5, 5.41) is 3.10. The lowest BCUT2D eigenvalue weighted by Gasteiger charge is -2.05. The van der Waals surface area contributed by atoms with Crippen LogP contribution in [0.2, 0.25) is 5.02 Å². The van der Waals surface area contributed by atoms with E-state index >= 15 is 0 Å². The third-order valence-electron chi connectivity index (χ3n) is 1.77. The number of hydrogen-bond donors (Lipinski definition) is 2. The van der Waals surface area contributed by atoms with Gasteiger partial charge in [-0.2, -0.15) is 0 Å². The number of carbonyl (C=O) groups excluding carboxylic acids is 1. The van der Waals surface area contributed by atoms with Gasteiger partial charge in [-0.3, -0.25) is 4.79 Å². The average Bonchev–Trinajstić information content (AvgIpc) is 2.22. The van der Waals surface area contributed by atoms with Crippen molar-refractivity contribution in [3.63, 3.8) is 0 Å². The highest BCUT2D eigenvalue weighted by Gasteiger charge is 2.08. The van der Waals surface area contributed by atoms with Crippen molar-refractivity contribution in [1.29, 1.82) is 0 Å². The van der Waals surface area contributed by atoms with E-state index in [-0.39, 0.29) is 5.91 Å². The van der Waals surface area contributed by atoms with Crippen LogP contribution in [0.1, 0.15) is 17.3 Å². The molecule has 3 N–H and O–H groups in total. The molecule has 0 fully saturated rings. The molecule has 0 unspecified atom stereocenters. The fourth-order valence-electron chi connectivity index (χ4n) is 1.03. The van der Waals surface area contributed by atoms with E-state index in [0.29, 0.717) is 22.8 Å². The van der Waals surface area contributed by atoms with Crippen LogP contribution in [0.3, 0.4) is 0 Å². The Hall–Kier alpha value is -1.66. The Bertz CT molecular complexity index is 432. The minimum absolute atomic E-state index is 0.266. The van der Waals surface area contributed by atoms with Gasteiger partial charge in [-0.15, -0.1) is 5.92 Å². The topological polar surface area (TPSA) is 55.1 Å². The van der Waals surface area contributed by atoms with Crippen LogP contribution in [0.4, 0.5) is 5.69 Å². The first-order chi connectivity index (χ1) is 7.15. The highest BCUT2D eigenvalue weighted by molar-refractivity contribution is 6.31. The van der Waals surface area contributed by atoms with E-state index in [0.717, 1.165) is 0 Å². The summed E-state index contributed by atoms with van der Waals surface area (Å²) in [5.41, 5.74) is 6.42. The molecule has 4 heteroatoms. The first kappa shape index (κ1) is 11.4. The van der Waals surface area contributed by atoms with Crippen LogP contribution in [0.5, 0.6) is 0 Å². The van der Waals surface area contributed by atoms with Crippen LogP contribution in [0.15, 0.2) is 18.2 Å². The quantitative estimate of drug-likeness (QED) is 0.591. The van der Waals surface area contributed by atoms with Crippen molar-refractivity contribution in [3.8, 4) is 11.8 Å². The Balaban J connectivity index is 2.80. The Kier molecular flexibility index (Phi) is 4.02. The molecule has 15 heavy (non-hydrogen) atoms. The zero-order valence-corrected chi connectivity index (χ0v) is 9.06. The van der Waals surface area contributed by atoms with E-state index in [4.69, 9.17) is 17.3 Å². The molecule has 1 amide bonds. The third kappa shape index (κ3) is 3.19. The maximum atomic E-state index is 11.6. The van der Waals surface area contributed by atoms with Gasteiger partial charge < -0.3 is 11.1 Å². The van der Waals surface area contributed by atoms with Crippen LogP contribution in [0.25, 0.3) is 0 Å². The lowest BCUT2D eigenvalue weighted by Crippen LogP contribution is -2.24. The number of rotatable bonds is 2. The molecule has 0 heterocycles. The van der Waals surface area contributed by atoms with Crippen LogP contribution in [0, 0.1) is 11.8 Å². The van der Waals surface area contributed by atoms with Gasteiger partial charge in [0.15, 0.2) is 0 Å². The molecule has 0 saturated heterocycles. The first-order valence-electron chi connectivity index (χ1n) is 4.38. The highest BCUT2D eigenvalue weighted by atomic mass is 35.5. The van der Waals surface area contributed by atoms with Crippen LogP contribution < -0.4 is 11.1 Å². The molecule has 0 aliphatic rings. The minimum Gasteiger partial charge on any atom is -0.398 e. The monoisotopic (exact) mass is 222 g/mol. The summed E-state index contributed by atoms with van der Waals surface area (Å²) in [7, 11) is 0. The molecule has 0 aliphatic carbocycles. The molecule has 0 saturated carbocycles. The lowest BCUT2D eigenvalue weighted by molar-refractivity contribution is 0.0959. The van der Waals surface area contributed by atoms with Gasteiger partial charge in [0, 0.05) is 10.7 Å². The Morgan fingerprint density at radius 2 is 2.33 bits per heavy atom. The molecular formula is C11H11ClN2O. The van der Waals surface area contributed by atoms with E-state index in [9.17, 15) is 4.79 Å². The minimum atomic E-state index is -0.266. The zero-order chi connectivity index (χ0) is 11.3. The summed E-state index contributed by atoms with van der Waals surface area (Å²) in [5.74, 6) is 5.14. The van der Waals surface area contributed by atoms with E-state index in [1.165, 1.54) is 6.07 Å². The Labute approximate surface area is 93.6 Å². The second kappa shape index (κ2) is 5.28. The number of anilines is 1. The highest BCUT2D eigenvalue weighted by Crippen LogP contribution is 2.17. The molecule has 1 aromatic rings. The van der Waals surface area contributed by atoms with E-state index in [1.807, 2.05) is 0 Å². The Morgan fingerprint density at radius 3 is 3.00 bits per heavy atom. The number of nitrogens with one attached hydrogen (secondary N) is 1. The lowest BCUT2D eigenvalue weighted by atomic mass is 10.1. The summed E-state index contributed by atoms with van der Waals surface area (Å²) in [6.45, 7) is 2.02. The molecule has 78 valence electrons. The molecule has 0 spiro atoms. The molecule has 0 radical (unpaired) electrons. The summed E-state index contributed by atoms with van der Waals surface area (Å²) in [6.07, 6.45) is 0. The van der Waals surface area contributed by atoms with Gasteiger partial charge >= 0.3 is 0 Å². The van der Waals surface area contributed by atoms with Crippen molar-refractivity contribution in [3.05, 3.63) is 28.8 Å². The number of halogens is 1. The zero-order valence-electron chi connectivity index (χ0n) is 8.30. The number of nitrogens with two attached hydrogens (primary N) is 1. The van der Waals surface area contributed by atoms with E-state index < -0.39 is 0 Å². The SMILES string of the molecule is CC#CCNC(=O)c1cc(Cl)ccc1N. The van der Waals surface area contributed by atoms with Crippen molar-refractivity contribution in [2.45, 2.75) is 6.92 Å². The summed E-state index contributed by atoms with van der Waals surface area (Å²) >= 11 is 5.76. The Morgan fingerprint density at radius 1 is 1.60 bits per heavy atom. The third-order valence-corrected chi connectivity index (χ3v) is 2.01. The van der Waals surface area contributed by atoms with Crippen molar-refractivity contribution in [2.75, 3.05) is 12.3 Å². The number of carbonyl (C=O) groups is 1. The van der Waals surface area contributed by atoms with Gasteiger partial charge in [0.2, 0.25) is 0 Å². The smallest absolute Gasteiger partial charge is 0.254 e. The first-order valence-corrected chi connectivity index (χ1v) is 4.75. The molecule has 3 nitrogen and oxygen atoms in total. The van der Waals surface area contributed by atoms with Gasteiger partial charge in [-0.05, 0) is 25.1 Å². The maximum Gasteiger partial charge on any atom is 0.254 e. The maximum absolute atomic E-state index is 11.6. The molecule has 1 rings (SSSR count). The molecule has 0 atom stereocenters. The van der Waals surface area contributed by atoms with Gasteiger partial charge in [0.1, 0.15) is 0 Å². The van der Waals surface area contributed by atoms with Gasteiger partial charge in [-0.1, -0.05) is 17.5 Å². The van der Waals surface area contributed by atoms with Gasteiger partial charge in [-0.25, -0.2) is 0 Å². The predicted molar refractivity (Wildman–Crippen MR) is 61.6 cm³/mol. The van der Waals surface area contributed by atoms with E-state index in [1.54, 1.807) is 19.1 Å². The standard InChI is InChI=1S/C11H11ClN2O/c1-2-3-6-14-11(15)9-7-8(12)4-5-10(9)13/h4-5,7H,6,13H2,1H3,(H,14,15). The number of amides is 1. The van der Waals surface area contributed by atoms with Crippen molar-refractivity contribution in [2.24, 2.45) is 0 Å². The van der Waals surface area contributed by atoms with Gasteiger partial charge in [0.05, 0.1) is 12.1 Å². The summed E-state index contributed by atoms with van der Waals surface area (Å²) in [4.78, 5) is 11.6. The number of benzene rings is 1. The van der Waals surface area contributed by atoms with Crippen molar-refractivity contribution in [1.82, 2.24) is 5.32 Å². The molecular weight excluding hydrogens is 212 g/mol. The number of hydrogen-bond acceptors (Lipinski definition) is 2. The predicted octanol–water partition coefficient (Wildman–Crippen LogP) is 1.68. The number of nitrogen functional groups attached to an aromatic ring is 1. The average molecular weight is 223 g/mol. The summed E-state index contributed by atoms with van der Waals surface area (Å²) in [6, 6.07) is 4.77. The van der Waals surface area contributed by atoms with Crippen LogP contribution in [-0.2, 0) is 0 Å². The van der Waals surface area contributed by atoms with Crippen molar-refractivity contribution >= 4 is 23.2 Å². The molecule has 0 bridgehead atoms. The van der Waals surface area contributed by atoms with Gasteiger partial charge in [0.25, 0.3) is 5.91 Å². The largest absolute Gasteiger partial charge is 0.398 e. The van der Waals surface area contributed by atoms with Crippen LogP contribution in [-0.4, -0.2) is 12.5 Å². The molecule has 1 aromatic carbocycles. The molecule has 0 aromatic heterocycles. The van der Waals surface area contributed by atoms with E-state index in [2.05, 4.69) is 17.2 Å². The van der Waals surface area contributed by atoms with Crippen LogP contribution >= 0.6 is 11.6 Å². The fourth-order valence-corrected chi connectivity index (χ4v) is 1.21. The van der Waals surface area contributed by atoms with Crippen molar-refractivity contribution < 1.29 is 4.79 Å². The second-order valence-corrected chi connectivity index (χ2v) is 3.28.